The van der Waals surface area contributed by atoms with Gasteiger partial charge in [-0.1, -0.05) is 62.2 Å². The van der Waals surface area contributed by atoms with Crippen molar-refractivity contribution in [3.05, 3.63) is 48.0 Å². The van der Waals surface area contributed by atoms with Crippen molar-refractivity contribution in [2.75, 3.05) is 32.8 Å². The summed E-state index contributed by atoms with van der Waals surface area (Å²) in [7, 11) is 0. The number of rotatable bonds is 8. The zero-order valence-electron chi connectivity index (χ0n) is 15.2. The average molecular weight is 339 g/mol. The molecule has 1 fully saturated rings. The third kappa shape index (κ3) is 4.10. The molecule has 1 aliphatic rings. The molecular weight excluding hydrogens is 310 g/mol. The van der Waals surface area contributed by atoms with Crippen LogP contribution in [-0.2, 0) is 14.9 Å². The summed E-state index contributed by atoms with van der Waals surface area (Å²) in [5.74, 6) is 0. The fourth-order valence-electron chi connectivity index (χ4n) is 3.91. The number of hydrogen-bond acceptors (Lipinski definition) is 3. The first-order chi connectivity index (χ1) is 12.3. The van der Waals surface area contributed by atoms with Crippen LogP contribution in [0.25, 0.3) is 10.8 Å². The maximum Gasteiger partial charge on any atom is 0.130 e. The Morgan fingerprint density at radius 3 is 2.60 bits per heavy atom. The van der Waals surface area contributed by atoms with Gasteiger partial charge in [-0.2, -0.15) is 0 Å². The van der Waals surface area contributed by atoms with E-state index in [1.807, 2.05) is 0 Å². The van der Waals surface area contributed by atoms with E-state index in [4.69, 9.17) is 4.74 Å². The molecule has 0 N–H and O–H groups in total. The van der Waals surface area contributed by atoms with Crippen molar-refractivity contribution in [3.63, 3.8) is 0 Å². The second kappa shape index (κ2) is 8.59. The third-order valence-electron chi connectivity index (χ3n) is 5.51. The molecule has 3 rings (SSSR count). The summed E-state index contributed by atoms with van der Waals surface area (Å²) in [6.07, 6.45) is 5.21. The molecule has 1 heterocycles. The van der Waals surface area contributed by atoms with Crippen LogP contribution in [0.2, 0.25) is 0 Å². The van der Waals surface area contributed by atoms with Crippen LogP contribution < -0.4 is 0 Å². The molecule has 0 aliphatic carbocycles. The van der Waals surface area contributed by atoms with E-state index in [0.717, 1.165) is 58.5 Å². The molecule has 2 aromatic rings. The lowest BCUT2D eigenvalue weighted by Gasteiger charge is -2.34. The monoisotopic (exact) mass is 339 g/mol. The van der Waals surface area contributed by atoms with E-state index >= 15 is 0 Å². The van der Waals surface area contributed by atoms with Gasteiger partial charge in [0.15, 0.2) is 0 Å². The molecule has 3 nitrogen and oxygen atoms in total. The predicted molar refractivity (Wildman–Crippen MR) is 103 cm³/mol. The second-order valence-corrected chi connectivity index (χ2v) is 7.11. The molecule has 1 saturated heterocycles. The highest BCUT2D eigenvalue weighted by Gasteiger charge is 2.33. The number of aldehydes is 1. The molecule has 134 valence electrons. The Hall–Kier alpha value is -1.71. The first kappa shape index (κ1) is 18.1. The summed E-state index contributed by atoms with van der Waals surface area (Å²) < 4.78 is 5.45. The van der Waals surface area contributed by atoms with Crippen LogP contribution in [0.1, 0.15) is 38.2 Å². The molecule has 0 aromatic heterocycles. The maximum atomic E-state index is 12.4. The predicted octanol–water partition coefficient (Wildman–Crippen LogP) is 4.19. The van der Waals surface area contributed by atoms with Gasteiger partial charge in [0.25, 0.3) is 0 Å². The Bertz CT molecular complexity index is 688. The van der Waals surface area contributed by atoms with Crippen molar-refractivity contribution in [2.24, 2.45) is 0 Å². The third-order valence-corrected chi connectivity index (χ3v) is 5.51. The SMILES string of the molecule is CCCCC(C=O)(CCN1CCOCC1)c1cccc2ccccc12. The quantitative estimate of drug-likeness (QED) is 0.676. The zero-order chi connectivity index (χ0) is 17.5. The van der Waals surface area contributed by atoms with Gasteiger partial charge in [0, 0.05) is 13.1 Å². The van der Waals surface area contributed by atoms with Crippen LogP contribution >= 0.6 is 0 Å². The van der Waals surface area contributed by atoms with Crippen molar-refractivity contribution >= 4 is 17.1 Å². The van der Waals surface area contributed by atoms with Gasteiger partial charge in [-0.25, -0.2) is 0 Å². The van der Waals surface area contributed by atoms with Gasteiger partial charge in [0.05, 0.1) is 18.6 Å². The van der Waals surface area contributed by atoms with Crippen molar-refractivity contribution in [2.45, 2.75) is 38.0 Å². The number of benzene rings is 2. The van der Waals surface area contributed by atoms with Crippen molar-refractivity contribution in [3.8, 4) is 0 Å². The molecule has 0 saturated carbocycles. The maximum absolute atomic E-state index is 12.4. The van der Waals surface area contributed by atoms with Gasteiger partial charge in [-0.3, -0.25) is 4.90 Å². The summed E-state index contributed by atoms with van der Waals surface area (Å²) in [4.78, 5) is 14.8. The topological polar surface area (TPSA) is 29.5 Å². The molecule has 2 aromatic carbocycles. The fourth-order valence-corrected chi connectivity index (χ4v) is 3.91. The number of nitrogens with zero attached hydrogens (tertiary/aromatic N) is 1. The Morgan fingerprint density at radius 1 is 1.08 bits per heavy atom. The summed E-state index contributed by atoms with van der Waals surface area (Å²) >= 11 is 0. The minimum absolute atomic E-state index is 0.394. The van der Waals surface area contributed by atoms with Crippen molar-refractivity contribution < 1.29 is 9.53 Å². The Balaban J connectivity index is 1.92. The molecule has 1 atom stereocenters. The van der Waals surface area contributed by atoms with Gasteiger partial charge >= 0.3 is 0 Å². The van der Waals surface area contributed by atoms with Crippen LogP contribution in [0.4, 0.5) is 0 Å². The summed E-state index contributed by atoms with van der Waals surface area (Å²) in [5, 5.41) is 2.43. The van der Waals surface area contributed by atoms with Crippen LogP contribution in [0, 0.1) is 0 Å². The molecule has 1 aliphatic heterocycles. The molecule has 25 heavy (non-hydrogen) atoms. The minimum atomic E-state index is -0.394. The molecule has 0 spiro atoms. The normalized spacial score (nSPS) is 18.1. The van der Waals surface area contributed by atoms with Gasteiger partial charge < -0.3 is 9.53 Å². The highest BCUT2D eigenvalue weighted by atomic mass is 16.5. The summed E-state index contributed by atoms with van der Waals surface area (Å²) in [6.45, 7) is 6.70. The highest BCUT2D eigenvalue weighted by molar-refractivity contribution is 5.90. The number of unbranched alkanes of at least 4 members (excludes halogenated alkanes) is 1. The lowest BCUT2D eigenvalue weighted by atomic mass is 9.73. The Kier molecular flexibility index (Phi) is 6.22. The van der Waals surface area contributed by atoms with Crippen molar-refractivity contribution in [1.29, 1.82) is 0 Å². The average Bonchev–Trinajstić information content (AvgIpc) is 2.69. The zero-order valence-corrected chi connectivity index (χ0v) is 15.2. The minimum Gasteiger partial charge on any atom is -0.379 e. The molecule has 0 radical (unpaired) electrons. The van der Waals surface area contributed by atoms with Crippen LogP contribution in [0.3, 0.4) is 0 Å². The lowest BCUT2D eigenvalue weighted by molar-refractivity contribution is -0.113. The molecular formula is C22H29NO2. The lowest BCUT2D eigenvalue weighted by Crippen LogP contribution is -2.40. The molecule has 3 heteroatoms. The molecule has 0 amide bonds. The largest absolute Gasteiger partial charge is 0.379 e. The number of carbonyl (C=O) groups excluding carboxylic acids is 1. The number of ether oxygens (including phenoxy) is 1. The van der Waals surface area contributed by atoms with Crippen LogP contribution in [0.15, 0.2) is 42.5 Å². The summed E-state index contributed by atoms with van der Waals surface area (Å²) in [5.41, 5.74) is 0.803. The highest BCUT2D eigenvalue weighted by Crippen LogP contribution is 2.36. The standard InChI is InChI=1S/C22H29NO2/c1-2-3-11-22(18-24,12-13-23-14-16-25-17-15-23)21-10-6-8-19-7-4-5-9-20(19)21/h4-10,18H,2-3,11-17H2,1H3. The molecule has 0 bridgehead atoms. The van der Waals surface area contributed by atoms with E-state index in [9.17, 15) is 4.79 Å². The van der Waals surface area contributed by atoms with Gasteiger partial charge in [-0.05, 0) is 35.7 Å². The Morgan fingerprint density at radius 2 is 1.84 bits per heavy atom. The number of morpholine rings is 1. The van der Waals surface area contributed by atoms with Crippen LogP contribution in [0.5, 0.6) is 0 Å². The number of hydrogen-bond donors (Lipinski definition) is 0. The smallest absolute Gasteiger partial charge is 0.130 e. The number of fused-ring (bicyclic) bond motifs is 1. The first-order valence-corrected chi connectivity index (χ1v) is 9.54. The van der Waals surface area contributed by atoms with E-state index in [2.05, 4.69) is 54.3 Å². The number of carbonyl (C=O) groups is 1. The van der Waals surface area contributed by atoms with E-state index in [0.29, 0.717) is 0 Å². The van der Waals surface area contributed by atoms with Gasteiger partial charge in [0.2, 0.25) is 0 Å². The molecule has 1 unspecified atom stereocenters. The van der Waals surface area contributed by atoms with E-state index < -0.39 is 5.41 Å². The second-order valence-electron chi connectivity index (χ2n) is 7.11. The van der Waals surface area contributed by atoms with Crippen molar-refractivity contribution in [1.82, 2.24) is 4.90 Å². The first-order valence-electron chi connectivity index (χ1n) is 9.54. The van der Waals surface area contributed by atoms with Crippen LogP contribution in [-0.4, -0.2) is 44.0 Å². The van der Waals surface area contributed by atoms with E-state index in [-0.39, 0.29) is 0 Å². The van der Waals surface area contributed by atoms with Gasteiger partial charge in [-0.15, -0.1) is 0 Å². The summed E-state index contributed by atoms with van der Waals surface area (Å²) in [6, 6.07) is 14.8. The van der Waals surface area contributed by atoms with E-state index in [1.165, 1.54) is 22.6 Å². The van der Waals surface area contributed by atoms with Gasteiger partial charge in [0.1, 0.15) is 6.29 Å². The fraction of sp³-hybridized carbons (Fsp3) is 0.500. The van der Waals surface area contributed by atoms with E-state index in [1.54, 1.807) is 0 Å². The Labute approximate surface area is 151 Å².